The fraction of sp³-hybridized carbons (Fsp3) is 0.333. The van der Waals surface area contributed by atoms with E-state index in [0.29, 0.717) is 12.6 Å². The van der Waals surface area contributed by atoms with E-state index in [1.54, 1.807) is 0 Å². The van der Waals surface area contributed by atoms with Crippen molar-refractivity contribution in [1.82, 2.24) is 15.0 Å². The van der Waals surface area contributed by atoms with E-state index >= 15 is 0 Å². The van der Waals surface area contributed by atoms with Gasteiger partial charge in [-0.1, -0.05) is 33.3 Å². The maximum Gasteiger partial charge on any atom is 0.117 e. The van der Waals surface area contributed by atoms with Gasteiger partial charge in [-0.05, 0) is 25.0 Å². The molecule has 17 heavy (non-hydrogen) atoms. The van der Waals surface area contributed by atoms with E-state index in [0.717, 1.165) is 21.4 Å². The Morgan fingerprint density at radius 2 is 2.00 bits per heavy atom. The van der Waals surface area contributed by atoms with Crippen LogP contribution in [0.2, 0.25) is 0 Å². The van der Waals surface area contributed by atoms with Gasteiger partial charge in [-0.15, -0.1) is 5.10 Å². The highest BCUT2D eigenvalue weighted by Gasteiger charge is 2.28. The molecule has 1 aromatic carbocycles. The van der Waals surface area contributed by atoms with Gasteiger partial charge >= 0.3 is 0 Å². The molecule has 1 aliphatic carbocycles. The summed E-state index contributed by atoms with van der Waals surface area (Å²) in [6.07, 6.45) is 2.38. The van der Waals surface area contributed by atoms with Crippen molar-refractivity contribution in [2.45, 2.75) is 25.4 Å². The zero-order chi connectivity index (χ0) is 11.8. The van der Waals surface area contributed by atoms with E-state index in [2.05, 4.69) is 26.2 Å². The van der Waals surface area contributed by atoms with Crippen LogP contribution < -0.4 is 5.73 Å². The van der Waals surface area contributed by atoms with Gasteiger partial charge in [0.15, 0.2) is 0 Å². The molecule has 88 valence electrons. The van der Waals surface area contributed by atoms with E-state index < -0.39 is 0 Å². The Kier molecular flexibility index (Phi) is 2.72. The Balaban J connectivity index is 2.04. The molecule has 0 spiro atoms. The van der Waals surface area contributed by atoms with Gasteiger partial charge in [0.1, 0.15) is 5.69 Å². The monoisotopic (exact) mass is 292 g/mol. The Morgan fingerprint density at radius 1 is 1.29 bits per heavy atom. The lowest BCUT2D eigenvalue weighted by atomic mass is 10.1. The second-order valence-corrected chi connectivity index (χ2v) is 5.19. The molecule has 2 N–H and O–H groups in total. The fourth-order valence-corrected chi connectivity index (χ4v) is 2.21. The smallest absolute Gasteiger partial charge is 0.117 e. The number of benzene rings is 1. The zero-order valence-corrected chi connectivity index (χ0v) is 10.9. The van der Waals surface area contributed by atoms with Crippen LogP contribution in [0.25, 0.3) is 11.3 Å². The lowest BCUT2D eigenvalue weighted by Crippen LogP contribution is -2.08. The van der Waals surface area contributed by atoms with Crippen LogP contribution in [-0.2, 0) is 6.54 Å². The fourth-order valence-electron chi connectivity index (χ4n) is 1.95. The van der Waals surface area contributed by atoms with Crippen molar-refractivity contribution in [3.8, 4) is 11.3 Å². The molecule has 0 aliphatic heterocycles. The highest BCUT2D eigenvalue weighted by atomic mass is 79.9. The van der Waals surface area contributed by atoms with Crippen molar-refractivity contribution in [2.75, 3.05) is 0 Å². The molecule has 0 atom stereocenters. The zero-order valence-electron chi connectivity index (χ0n) is 9.31. The number of hydrogen-bond donors (Lipinski definition) is 1. The molecule has 2 aromatic rings. The minimum absolute atomic E-state index is 0.481. The largest absolute Gasteiger partial charge is 0.325 e. The Bertz CT molecular complexity index is 528. The first-order valence-corrected chi connectivity index (χ1v) is 6.49. The van der Waals surface area contributed by atoms with Crippen LogP contribution in [0.15, 0.2) is 28.7 Å². The molecular formula is C12H13BrN4. The van der Waals surface area contributed by atoms with Crippen LogP contribution in [-0.4, -0.2) is 15.0 Å². The van der Waals surface area contributed by atoms with Crippen LogP contribution in [0.5, 0.6) is 0 Å². The number of hydrogen-bond acceptors (Lipinski definition) is 3. The number of halogens is 1. The second-order valence-electron chi connectivity index (χ2n) is 4.27. The van der Waals surface area contributed by atoms with E-state index in [1.165, 1.54) is 12.8 Å². The molecule has 3 rings (SSSR count). The van der Waals surface area contributed by atoms with E-state index in [9.17, 15) is 0 Å². The average Bonchev–Trinajstić information content (AvgIpc) is 3.10. The maximum atomic E-state index is 5.82. The van der Waals surface area contributed by atoms with Gasteiger partial charge in [0, 0.05) is 16.6 Å². The summed E-state index contributed by atoms with van der Waals surface area (Å²) in [5, 5.41) is 8.49. The Hall–Kier alpha value is -1.20. The van der Waals surface area contributed by atoms with Crippen molar-refractivity contribution < 1.29 is 0 Å². The van der Waals surface area contributed by atoms with Crippen molar-refractivity contribution in [1.29, 1.82) is 0 Å². The lowest BCUT2D eigenvalue weighted by Gasteiger charge is -2.04. The van der Waals surface area contributed by atoms with Crippen molar-refractivity contribution in [3.05, 3.63) is 34.4 Å². The van der Waals surface area contributed by atoms with Crippen LogP contribution in [0.3, 0.4) is 0 Å². The summed E-state index contributed by atoms with van der Waals surface area (Å²) in [5.41, 5.74) is 8.83. The standard InChI is InChI=1S/C12H13BrN4/c13-9-3-1-8(2-4-9)12-11(7-14)17(16-15-12)10-5-6-10/h1-4,10H,5-7,14H2. The predicted octanol–water partition coefficient (Wildman–Crippen LogP) is 2.50. The second kappa shape index (κ2) is 4.23. The number of nitrogens with zero attached hydrogens (tertiary/aromatic N) is 3. The summed E-state index contributed by atoms with van der Waals surface area (Å²) in [5.74, 6) is 0. The summed E-state index contributed by atoms with van der Waals surface area (Å²) in [7, 11) is 0. The first-order chi connectivity index (χ1) is 8.29. The highest BCUT2D eigenvalue weighted by Crippen LogP contribution is 2.36. The van der Waals surface area contributed by atoms with Crippen molar-refractivity contribution in [3.63, 3.8) is 0 Å². The molecule has 5 heteroatoms. The summed E-state index contributed by atoms with van der Waals surface area (Å²) < 4.78 is 3.04. The highest BCUT2D eigenvalue weighted by molar-refractivity contribution is 9.10. The third-order valence-corrected chi connectivity index (χ3v) is 3.52. The minimum Gasteiger partial charge on any atom is -0.325 e. The molecule has 1 fully saturated rings. The first kappa shape index (κ1) is 10.9. The molecule has 0 saturated heterocycles. The van der Waals surface area contributed by atoms with Crippen LogP contribution in [0, 0.1) is 0 Å². The quantitative estimate of drug-likeness (QED) is 0.946. The van der Waals surface area contributed by atoms with Gasteiger partial charge in [0.2, 0.25) is 0 Å². The number of rotatable bonds is 3. The van der Waals surface area contributed by atoms with Crippen molar-refractivity contribution >= 4 is 15.9 Å². The Morgan fingerprint density at radius 3 is 2.59 bits per heavy atom. The lowest BCUT2D eigenvalue weighted by molar-refractivity contribution is 0.583. The van der Waals surface area contributed by atoms with E-state index in [1.807, 2.05) is 28.9 Å². The molecule has 0 bridgehead atoms. The first-order valence-electron chi connectivity index (χ1n) is 5.69. The number of aromatic nitrogens is 3. The summed E-state index contributed by atoms with van der Waals surface area (Å²) in [6, 6.07) is 8.59. The third kappa shape index (κ3) is 2.00. The maximum absolute atomic E-state index is 5.82. The molecular weight excluding hydrogens is 280 g/mol. The van der Waals surface area contributed by atoms with Gasteiger partial charge < -0.3 is 5.73 Å². The summed E-state index contributed by atoms with van der Waals surface area (Å²) in [4.78, 5) is 0. The molecule has 0 unspecified atom stereocenters. The number of nitrogens with two attached hydrogens (primary N) is 1. The van der Waals surface area contributed by atoms with Gasteiger partial charge in [0.05, 0.1) is 11.7 Å². The van der Waals surface area contributed by atoms with Crippen LogP contribution >= 0.6 is 15.9 Å². The van der Waals surface area contributed by atoms with Crippen molar-refractivity contribution in [2.24, 2.45) is 5.73 Å². The molecule has 1 aliphatic rings. The SMILES string of the molecule is NCc1c(-c2ccc(Br)cc2)nnn1C1CC1. The van der Waals surface area contributed by atoms with Crippen LogP contribution in [0.1, 0.15) is 24.6 Å². The topological polar surface area (TPSA) is 56.7 Å². The normalized spacial score (nSPS) is 15.2. The molecule has 1 heterocycles. The van der Waals surface area contributed by atoms with Gasteiger partial charge in [-0.2, -0.15) is 0 Å². The van der Waals surface area contributed by atoms with E-state index in [-0.39, 0.29) is 0 Å². The summed E-state index contributed by atoms with van der Waals surface area (Å²) >= 11 is 3.43. The molecule has 1 saturated carbocycles. The van der Waals surface area contributed by atoms with Gasteiger partial charge in [-0.3, -0.25) is 0 Å². The minimum atomic E-state index is 0.481. The third-order valence-electron chi connectivity index (χ3n) is 2.99. The van der Waals surface area contributed by atoms with Gasteiger partial charge in [-0.25, -0.2) is 4.68 Å². The van der Waals surface area contributed by atoms with Crippen LogP contribution in [0.4, 0.5) is 0 Å². The predicted molar refractivity (Wildman–Crippen MR) is 69.3 cm³/mol. The van der Waals surface area contributed by atoms with Gasteiger partial charge in [0.25, 0.3) is 0 Å². The Labute approximate surface area is 108 Å². The average molecular weight is 293 g/mol. The summed E-state index contributed by atoms with van der Waals surface area (Å²) in [6.45, 7) is 0.481. The molecule has 4 nitrogen and oxygen atoms in total. The molecule has 0 amide bonds. The molecule has 1 aromatic heterocycles. The molecule has 0 radical (unpaired) electrons. The van der Waals surface area contributed by atoms with E-state index in [4.69, 9.17) is 5.73 Å².